The summed E-state index contributed by atoms with van der Waals surface area (Å²) < 4.78 is 1.95. The normalized spacial score (nSPS) is 11.3. The number of allylic oxidation sites excluding steroid dienone is 1. The molecule has 0 atom stereocenters. The molecule has 0 saturated heterocycles. The molecule has 14 heavy (non-hydrogen) atoms. The second kappa shape index (κ2) is 4.97. The van der Waals surface area contributed by atoms with Crippen molar-refractivity contribution in [2.75, 3.05) is 14.1 Å². The Balaban J connectivity index is 2.89. The molecule has 0 amide bonds. The van der Waals surface area contributed by atoms with Gasteiger partial charge in [0.1, 0.15) is 14.1 Å². The van der Waals surface area contributed by atoms with Crippen LogP contribution in [0.1, 0.15) is 11.1 Å². The Hall–Kier alpha value is -1.08. The Kier molecular flexibility index (Phi) is 3.90. The molecule has 0 fully saturated rings. The van der Waals surface area contributed by atoms with Crippen LogP contribution in [0.2, 0.25) is 0 Å². The Bertz CT molecular complexity index is 356. The summed E-state index contributed by atoms with van der Waals surface area (Å²) in [5, 5.41) is 0.763. The third-order valence-corrected chi connectivity index (χ3v) is 2.19. The predicted molar refractivity (Wildman–Crippen MR) is 63.2 cm³/mol. The molecule has 0 aliphatic heterocycles. The summed E-state index contributed by atoms with van der Waals surface area (Å²) in [5.74, 6) is 0. The molecule has 0 heterocycles. The minimum absolute atomic E-state index is 0.763. The summed E-state index contributed by atoms with van der Waals surface area (Å²) >= 11 is 6.11. The van der Waals surface area contributed by atoms with Crippen molar-refractivity contribution in [2.24, 2.45) is 0 Å². The first-order valence-corrected chi connectivity index (χ1v) is 4.91. The highest BCUT2D eigenvalue weighted by molar-refractivity contribution is 6.49. The fraction of sp³-hybridized carbons (Fsp3) is 0.250. The number of rotatable bonds is 2. The number of halogens is 1. The van der Waals surface area contributed by atoms with Gasteiger partial charge in [-0.05, 0) is 12.5 Å². The molecule has 0 aromatic heterocycles. The molecule has 74 valence electrons. The minimum atomic E-state index is 0.763. The molecular formula is C12H15ClN+. The van der Waals surface area contributed by atoms with Crippen LogP contribution < -0.4 is 0 Å². The predicted octanol–water partition coefficient (Wildman–Crippen LogP) is 2.92. The van der Waals surface area contributed by atoms with Crippen molar-refractivity contribution in [3.63, 3.8) is 0 Å². The molecule has 0 unspecified atom stereocenters. The molecule has 0 saturated carbocycles. The fourth-order valence-electron chi connectivity index (χ4n) is 1.02. The first-order chi connectivity index (χ1) is 6.59. The highest BCUT2D eigenvalue weighted by Crippen LogP contribution is 2.18. The lowest BCUT2D eigenvalue weighted by molar-refractivity contribution is -0.458. The Labute approximate surface area is 90.3 Å². The van der Waals surface area contributed by atoms with Crippen molar-refractivity contribution in [3.05, 3.63) is 41.5 Å². The smallest absolute Gasteiger partial charge is 0.164 e. The highest BCUT2D eigenvalue weighted by atomic mass is 35.5. The zero-order valence-electron chi connectivity index (χ0n) is 8.79. The van der Waals surface area contributed by atoms with Gasteiger partial charge < -0.3 is 0 Å². The molecule has 0 spiro atoms. The van der Waals surface area contributed by atoms with Crippen LogP contribution in [0, 0.1) is 6.92 Å². The second-order valence-electron chi connectivity index (χ2n) is 3.49. The van der Waals surface area contributed by atoms with E-state index in [9.17, 15) is 0 Å². The Morgan fingerprint density at radius 3 is 2.29 bits per heavy atom. The highest BCUT2D eigenvalue weighted by Gasteiger charge is 1.96. The van der Waals surface area contributed by atoms with Crippen LogP contribution in [-0.4, -0.2) is 24.9 Å². The average Bonchev–Trinajstić information content (AvgIpc) is 2.15. The molecule has 0 N–H and O–H groups in total. The summed E-state index contributed by atoms with van der Waals surface area (Å²) in [7, 11) is 3.94. The van der Waals surface area contributed by atoms with Gasteiger partial charge in [0.25, 0.3) is 0 Å². The average molecular weight is 209 g/mol. The Morgan fingerprint density at radius 1 is 1.21 bits per heavy atom. The lowest BCUT2D eigenvalue weighted by atomic mass is 10.1. The van der Waals surface area contributed by atoms with Gasteiger partial charge in [0, 0.05) is 6.08 Å². The van der Waals surface area contributed by atoms with Crippen molar-refractivity contribution >= 4 is 22.8 Å². The molecule has 1 rings (SSSR count). The summed E-state index contributed by atoms with van der Waals surface area (Å²) in [6, 6.07) is 8.16. The van der Waals surface area contributed by atoms with E-state index in [0.717, 1.165) is 10.6 Å². The maximum Gasteiger partial charge on any atom is 0.164 e. The van der Waals surface area contributed by atoms with Crippen LogP contribution in [-0.2, 0) is 0 Å². The SMILES string of the molecule is Cc1ccc(/C(Cl)=C/C=[N+](C)C)cc1. The van der Waals surface area contributed by atoms with Crippen molar-refractivity contribution in [2.45, 2.75) is 6.92 Å². The quantitative estimate of drug-likeness (QED) is 0.520. The van der Waals surface area contributed by atoms with Crippen LogP contribution in [0.3, 0.4) is 0 Å². The molecule has 1 aromatic rings. The Morgan fingerprint density at radius 2 is 1.79 bits per heavy atom. The van der Waals surface area contributed by atoms with Gasteiger partial charge in [-0.3, -0.25) is 0 Å². The van der Waals surface area contributed by atoms with E-state index in [-0.39, 0.29) is 0 Å². The van der Waals surface area contributed by atoms with E-state index in [0.29, 0.717) is 0 Å². The first-order valence-electron chi connectivity index (χ1n) is 4.53. The molecule has 0 aliphatic rings. The number of nitrogens with zero attached hydrogens (tertiary/aromatic N) is 1. The van der Waals surface area contributed by atoms with Gasteiger partial charge in [0.2, 0.25) is 0 Å². The van der Waals surface area contributed by atoms with Gasteiger partial charge in [-0.25, -0.2) is 4.58 Å². The van der Waals surface area contributed by atoms with Crippen LogP contribution in [0.15, 0.2) is 30.3 Å². The van der Waals surface area contributed by atoms with Crippen molar-refractivity contribution in [1.82, 2.24) is 0 Å². The number of benzene rings is 1. The van der Waals surface area contributed by atoms with E-state index in [4.69, 9.17) is 11.6 Å². The first kappa shape index (κ1) is 11.0. The zero-order chi connectivity index (χ0) is 10.6. The summed E-state index contributed by atoms with van der Waals surface area (Å²) in [5.41, 5.74) is 2.30. The van der Waals surface area contributed by atoms with Crippen LogP contribution in [0.5, 0.6) is 0 Å². The van der Waals surface area contributed by atoms with Crippen molar-refractivity contribution in [3.8, 4) is 0 Å². The molecule has 0 bridgehead atoms. The third-order valence-electron chi connectivity index (χ3n) is 1.85. The lowest BCUT2D eigenvalue weighted by Crippen LogP contribution is -1.95. The monoisotopic (exact) mass is 208 g/mol. The molecule has 1 aromatic carbocycles. The van der Waals surface area contributed by atoms with Gasteiger partial charge in [-0.2, -0.15) is 0 Å². The molecule has 1 nitrogen and oxygen atoms in total. The lowest BCUT2D eigenvalue weighted by Gasteiger charge is -1.97. The second-order valence-corrected chi connectivity index (χ2v) is 3.90. The van der Waals surface area contributed by atoms with Gasteiger partial charge in [-0.1, -0.05) is 41.4 Å². The van der Waals surface area contributed by atoms with Gasteiger partial charge >= 0.3 is 0 Å². The van der Waals surface area contributed by atoms with E-state index < -0.39 is 0 Å². The van der Waals surface area contributed by atoms with Crippen molar-refractivity contribution in [1.29, 1.82) is 0 Å². The van der Waals surface area contributed by atoms with E-state index in [2.05, 4.69) is 19.1 Å². The molecule has 0 radical (unpaired) electrons. The molecular weight excluding hydrogens is 194 g/mol. The van der Waals surface area contributed by atoms with E-state index in [1.54, 1.807) is 0 Å². The van der Waals surface area contributed by atoms with E-state index >= 15 is 0 Å². The fourth-order valence-corrected chi connectivity index (χ4v) is 1.21. The maximum atomic E-state index is 6.11. The largest absolute Gasteiger partial charge is 0.241 e. The molecule has 2 heteroatoms. The van der Waals surface area contributed by atoms with E-state index in [1.165, 1.54) is 5.56 Å². The maximum absolute atomic E-state index is 6.11. The zero-order valence-corrected chi connectivity index (χ0v) is 9.55. The van der Waals surface area contributed by atoms with Crippen molar-refractivity contribution < 1.29 is 4.58 Å². The van der Waals surface area contributed by atoms with Crippen LogP contribution in [0.25, 0.3) is 5.03 Å². The summed E-state index contributed by atoms with van der Waals surface area (Å²) in [6.07, 6.45) is 3.83. The molecule has 0 aliphatic carbocycles. The number of hydrogen-bond acceptors (Lipinski definition) is 0. The van der Waals surface area contributed by atoms with Crippen LogP contribution >= 0.6 is 11.6 Å². The van der Waals surface area contributed by atoms with Gasteiger partial charge in [-0.15, -0.1) is 0 Å². The summed E-state index contributed by atoms with van der Waals surface area (Å²) in [4.78, 5) is 0. The van der Waals surface area contributed by atoms with Crippen LogP contribution in [0.4, 0.5) is 0 Å². The topological polar surface area (TPSA) is 3.01 Å². The van der Waals surface area contributed by atoms with Gasteiger partial charge in [0.05, 0.1) is 5.03 Å². The summed E-state index contributed by atoms with van der Waals surface area (Å²) in [6.45, 7) is 2.06. The third kappa shape index (κ3) is 3.35. The van der Waals surface area contributed by atoms with Gasteiger partial charge in [0.15, 0.2) is 6.21 Å². The minimum Gasteiger partial charge on any atom is -0.241 e. The number of aryl methyl sites for hydroxylation is 1. The number of hydrogen-bond donors (Lipinski definition) is 0. The van der Waals surface area contributed by atoms with E-state index in [1.807, 2.05) is 43.1 Å². The standard InChI is InChI=1S/C12H15ClN/c1-10-4-6-11(7-5-10)12(13)8-9-14(2)3/h4-9H,1-3H3/q+1/b12-8-.